The van der Waals surface area contributed by atoms with E-state index in [4.69, 9.17) is 4.74 Å². The normalized spacial score (nSPS) is 12.7. The summed E-state index contributed by atoms with van der Waals surface area (Å²) in [6.45, 7) is 5.94. The van der Waals surface area contributed by atoms with E-state index in [-0.39, 0.29) is 0 Å². The molecule has 2 aromatic carbocycles. The van der Waals surface area contributed by atoms with Crippen molar-refractivity contribution >= 4 is 22.4 Å². The summed E-state index contributed by atoms with van der Waals surface area (Å²) in [6, 6.07) is 9.01. The molecule has 0 spiro atoms. The maximum absolute atomic E-state index is 13.3. The van der Waals surface area contributed by atoms with Crippen molar-refractivity contribution in [3.05, 3.63) is 53.3 Å². The molecular formula is C21H23F3N4O. The minimum atomic E-state index is -4.43. The highest BCUT2D eigenvalue weighted by Crippen LogP contribution is 2.35. The molecule has 29 heavy (non-hydrogen) atoms. The number of anilines is 2. The van der Waals surface area contributed by atoms with Gasteiger partial charge in [-0.25, -0.2) is 9.97 Å². The van der Waals surface area contributed by atoms with Crippen molar-refractivity contribution in [2.45, 2.75) is 33.0 Å². The van der Waals surface area contributed by atoms with Gasteiger partial charge in [-0.2, -0.15) is 13.2 Å². The van der Waals surface area contributed by atoms with Crippen LogP contribution in [0.15, 0.2) is 36.4 Å². The van der Waals surface area contributed by atoms with Crippen molar-refractivity contribution < 1.29 is 17.9 Å². The molecule has 0 aliphatic carbocycles. The zero-order valence-electron chi connectivity index (χ0n) is 16.7. The standard InChI is InChI=1S/C21H23F3N4O/c1-5-25-16-9-14(8-15(10-16)21(22,23)24)12(2)26-20-18-11-17(29-4)6-7-19(18)27-13(3)28-20/h6-12,25H,5H2,1-4H3,(H,26,27,28)/t12-/m1/s1. The first kappa shape index (κ1) is 20.7. The average molecular weight is 404 g/mol. The van der Waals surface area contributed by atoms with Gasteiger partial charge >= 0.3 is 6.18 Å². The Morgan fingerprint density at radius 3 is 2.52 bits per heavy atom. The third-order valence-corrected chi connectivity index (χ3v) is 4.53. The number of hydrogen-bond acceptors (Lipinski definition) is 5. The van der Waals surface area contributed by atoms with Gasteiger partial charge in [0, 0.05) is 17.6 Å². The predicted molar refractivity (Wildman–Crippen MR) is 108 cm³/mol. The van der Waals surface area contributed by atoms with Crippen LogP contribution in [0.25, 0.3) is 10.9 Å². The van der Waals surface area contributed by atoms with Gasteiger partial charge in [-0.15, -0.1) is 0 Å². The molecule has 0 saturated heterocycles. The lowest BCUT2D eigenvalue weighted by Gasteiger charge is -2.20. The monoisotopic (exact) mass is 404 g/mol. The van der Waals surface area contributed by atoms with E-state index in [0.717, 1.165) is 23.0 Å². The number of ether oxygens (including phenoxy) is 1. The van der Waals surface area contributed by atoms with Crippen LogP contribution in [0, 0.1) is 6.92 Å². The molecule has 8 heteroatoms. The van der Waals surface area contributed by atoms with E-state index >= 15 is 0 Å². The SMILES string of the molecule is CCNc1cc([C@@H](C)Nc2nc(C)nc3ccc(OC)cc23)cc(C(F)(F)F)c1. The summed E-state index contributed by atoms with van der Waals surface area (Å²) in [6.07, 6.45) is -4.43. The molecule has 154 valence electrons. The Balaban J connectivity index is 2.02. The molecule has 2 N–H and O–H groups in total. The van der Waals surface area contributed by atoms with Crippen molar-refractivity contribution in [3.63, 3.8) is 0 Å². The van der Waals surface area contributed by atoms with Gasteiger partial charge < -0.3 is 15.4 Å². The summed E-state index contributed by atoms with van der Waals surface area (Å²) in [5, 5.41) is 6.94. The second kappa shape index (κ2) is 8.14. The molecule has 0 fully saturated rings. The van der Waals surface area contributed by atoms with E-state index in [1.807, 2.05) is 13.0 Å². The number of hydrogen-bond donors (Lipinski definition) is 2. The summed E-state index contributed by atoms with van der Waals surface area (Å²) >= 11 is 0. The highest BCUT2D eigenvalue weighted by molar-refractivity contribution is 5.90. The highest BCUT2D eigenvalue weighted by Gasteiger charge is 2.31. The van der Waals surface area contributed by atoms with Gasteiger partial charge in [0.05, 0.1) is 24.2 Å². The zero-order valence-corrected chi connectivity index (χ0v) is 16.7. The van der Waals surface area contributed by atoms with Crippen molar-refractivity contribution in [1.29, 1.82) is 0 Å². The first-order valence-corrected chi connectivity index (χ1v) is 9.26. The Labute approximate surface area is 167 Å². The summed E-state index contributed by atoms with van der Waals surface area (Å²) in [5.41, 5.74) is 0.967. The molecule has 0 unspecified atom stereocenters. The minimum absolute atomic E-state index is 0.418. The average Bonchev–Trinajstić information content (AvgIpc) is 2.67. The quantitative estimate of drug-likeness (QED) is 0.562. The molecule has 1 heterocycles. The van der Waals surface area contributed by atoms with Crippen LogP contribution in [0.5, 0.6) is 5.75 Å². The molecular weight excluding hydrogens is 381 g/mol. The van der Waals surface area contributed by atoms with E-state index in [1.54, 1.807) is 39.2 Å². The maximum Gasteiger partial charge on any atom is 0.416 e. The van der Waals surface area contributed by atoms with Crippen LogP contribution in [0.1, 0.15) is 36.8 Å². The fourth-order valence-corrected chi connectivity index (χ4v) is 3.12. The van der Waals surface area contributed by atoms with E-state index in [1.165, 1.54) is 0 Å². The van der Waals surface area contributed by atoms with Gasteiger partial charge in [0.2, 0.25) is 0 Å². The summed E-state index contributed by atoms with van der Waals surface area (Å²) < 4.78 is 45.3. The topological polar surface area (TPSA) is 59.1 Å². The van der Waals surface area contributed by atoms with Gasteiger partial charge in [-0.3, -0.25) is 0 Å². The lowest BCUT2D eigenvalue weighted by Crippen LogP contribution is -2.13. The molecule has 0 saturated carbocycles. The molecule has 5 nitrogen and oxygen atoms in total. The number of rotatable bonds is 6. The van der Waals surface area contributed by atoms with Crippen LogP contribution in [-0.2, 0) is 6.18 Å². The Hall–Kier alpha value is -3.03. The molecule has 0 aliphatic heterocycles. The molecule has 1 atom stereocenters. The zero-order chi connectivity index (χ0) is 21.2. The van der Waals surface area contributed by atoms with Gasteiger partial charge in [0.25, 0.3) is 0 Å². The number of aromatic nitrogens is 2. The van der Waals surface area contributed by atoms with Crippen LogP contribution in [0.4, 0.5) is 24.7 Å². The van der Waals surface area contributed by atoms with E-state index in [0.29, 0.717) is 35.2 Å². The molecule has 0 aliphatic rings. The predicted octanol–water partition coefficient (Wildman–Crippen LogP) is 5.57. The summed E-state index contributed by atoms with van der Waals surface area (Å²) in [4.78, 5) is 8.87. The molecule has 3 aromatic rings. The van der Waals surface area contributed by atoms with Crippen LogP contribution in [-0.4, -0.2) is 23.6 Å². The second-order valence-corrected chi connectivity index (χ2v) is 6.74. The number of methoxy groups -OCH3 is 1. The smallest absolute Gasteiger partial charge is 0.416 e. The van der Waals surface area contributed by atoms with Crippen molar-refractivity contribution in [3.8, 4) is 5.75 Å². The largest absolute Gasteiger partial charge is 0.497 e. The first-order valence-electron chi connectivity index (χ1n) is 9.26. The van der Waals surface area contributed by atoms with Crippen LogP contribution >= 0.6 is 0 Å². The fraction of sp³-hybridized carbons (Fsp3) is 0.333. The van der Waals surface area contributed by atoms with Crippen LogP contribution < -0.4 is 15.4 Å². The van der Waals surface area contributed by atoms with E-state index < -0.39 is 17.8 Å². The number of aryl methyl sites for hydroxylation is 1. The van der Waals surface area contributed by atoms with Crippen molar-refractivity contribution in [2.24, 2.45) is 0 Å². The third kappa shape index (κ3) is 4.70. The maximum atomic E-state index is 13.3. The number of nitrogens with one attached hydrogen (secondary N) is 2. The van der Waals surface area contributed by atoms with Crippen LogP contribution in [0.3, 0.4) is 0 Å². The molecule has 3 rings (SSSR count). The van der Waals surface area contributed by atoms with Crippen molar-refractivity contribution in [1.82, 2.24) is 9.97 Å². The van der Waals surface area contributed by atoms with Gasteiger partial charge in [-0.1, -0.05) is 0 Å². The Morgan fingerprint density at radius 1 is 1.10 bits per heavy atom. The second-order valence-electron chi connectivity index (χ2n) is 6.74. The lowest BCUT2D eigenvalue weighted by atomic mass is 10.0. The number of halogens is 3. The lowest BCUT2D eigenvalue weighted by molar-refractivity contribution is -0.137. The van der Waals surface area contributed by atoms with Crippen molar-refractivity contribution in [2.75, 3.05) is 24.3 Å². The molecule has 0 bridgehead atoms. The molecule has 0 radical (unpaired) electrons. The first-order chi connectivity index (χ1) is 13.7. The number of benzene rings is 2. The van der Waals surface area contributed by atoms with Gasteiger partial charge in [0.15, 0.2) is 0 Å². The van der Waals surface area contributed by atoms with Gasteiger partial charge in [0.1, 0.15) is 17.4 Å². The molecule has 1 aromatic heterocycles. The molecule has 0 amide bonds. The van der Waals surface area contributed by atoms with Crippen LogP contribution in [0.2, 0.25) is 0 Å². The Kier molecular flexibility index (Phi) is 5.81. The number of nitrogens with zero attached hydrogens (tertiary/aromatic N) is 2. The Bertz CT molecular complexity index is 1020. The minimum Gasteiger partial charge on any atom is -0.497 e. The van der Waals surface area contributed by atoms with Gasteiger partial charge in [-0.05, 0) is 62.7 Å². The fourth-order valence-electron chi connectivity index (χ4n) is 3.12. The third-order valence-electron chi connectivity index (χ3n) is 4.53. The van der Waals surface area contributed by atoms with E-state index in [9.17, 15) is 13.2 Å². The number of alkyl halides is 3. The highest BCUT2D eigenvalue weighted by atomic mass is 19.4. The Morgan fingerprint density at radius 2 is 1.86 bits per heavy atom. The number of fused-ring (bicyclic) bond motifs is 1. The summed E-state index contributed by atoms with van der Waals surface area (Å²) in [5.74, 6) is 1.75. The summed E-state index contributed by atoms with van der Waals surface area (Å²) in [7, 11) is 1.57. The van der Waals surface area contributed by atoms with E-state index in [2.05, 4.69) is 20.6 Å².